The summed E-state index contributed by atoms with van der Waals surface area (Å²) < 4.78 is 34.1. The van der Waals surface area contributed by atoms with Gasteiger partial charge in [0, 0.05) is 10.4 Å². The van der Waals surface area contributed by atoms with Gasteiger partial charge in [-0.2, -0.15) is 0 Å². The Balaban J connectivity index is -0.0000000800. The van der Waals surface area contributed by atoms with Crippen molar-refractivity contribution in [1.82, 2.24) is 0 Å². The summed E-state index contributed by atoms with van der Waals surface area (Å²) in [5, 5.41) is 0. The Kier molecular flexibility index (Phi) is 14.5. The van der Waals surface area contributed by atoms with Crippen molar-refractivity contribution in [3.05, 3.63) is 0 Å². The van der Waals surface area contributed by atoms with Crippen molar-refractivity contribution >= 4 is 10.4 Å². The number of hydrogen-bond acceptors (Lipinski definition) is 4. The van der Waals surface area contributed by atoms with Crippen molar-refractivity contribution < 1.29 is 87.0 Å². The fourth-order valence-electron chi connectivity index (χ4n) is 0. The molecule has 0 aromatic heterocycles. The predicted octanol–water partition coefficient (Wildman–Crippen LogP) is -4.33. The van der Waals surface area contributed by atoms with E-state index in [-0.39, 0.29) is 69.5 Å². The minimum Gasteiger partial charge on any atom is -0.759 e. The van der Waals surface area contributed by atoms with E-state index in [9.17, 15) is 0 Å². The zero-order chi connectivity index (χ0) is 4.50. The van der Waals surface area contributed by atoms with Crippen LogP contribution in [0, 0.1) is 39.9 Å². The van der Waals surface area contributed by atoms with Gasteiger partial charge < -0.3 is 9.11 Å². The van der Waals surface area contributed by atoms with Gasteiger partial charge in [-0.15, -0.1) is 0 Å². The Morgan fingerprint density at radius 2 is 1.14 bits per heavy atom. The van der Waals surface area contributed by atoms with E-state index in [4.69, 9.17) is 17.5 Å². The van der Waals surface area contributed by atoms with Crippen LogP contribution in [0.3, 0.4) is 0 Å². The largest absolute Gasteiger partial charge is 4.00 e. The molecular weight excluding hydrogens is 351 g/mol. The zero-order valence-electron chi connectivity index (χ0n) is 3.54. The van der Waals surface area contributed by atoms with Crippen LogP contribution in [0.25, 0.3) is 0 Å². The van der Waals surface area contributed by atoms with Crippen LogP contribution in [0.4, 0.5) is 0 Å². The van der Waals surface area contributed by atoms with Gasteiger partial charge in [0.05, 0.1) is 0 Å². The average Bonchev–Trinajstić information content (AvgIpc) is 0.722. The average molecular weight is 351 g/mol. The van der Waals surface area contributed by atoms with E-state index >= 15 is 0 Å². The van der Waals surface area contributed by atoms with Crippen LogP contribution in [-0.2, 0) is 10.4 Å². The topological polar surface area (TPSA) is 80.3 Å². The maximum Gasteiger partial charge on any atom is 4.00 e. The third-order valence-corrected chi connectivity index (χ3v) is 0. The molecule has 4 nitrogen and oxygen atoms in total. The molecule has 7 heavy (non-hydrogen) atoms. The van der Waals surface area contributed by atoms with E-state index in [1.807, 2.05) is 0 Å². The summed E-state index contributed by atoms with van der Waals surface area (Å²) in [7, 11) is -5.17. The SMILES string of the molecule is O=S(=O)([O-])[O-].[Na+].[Th+4]. The molecule has 0 amide bonds. The molecule has 7 heteroatoms. The second kappa shape index (κ2) is 6.32. The summed E-state index contributed by atoms with van der Waals surface area (Å²) in [6, 6.07) is 0. The molecule has 0 aromatic rings. The Morgan fingerprint density at radius 1 is 1.14 bits per heavy atom. The summed E-state index contributed by atoms with van der Waals surface area (Å²) >= 11 is 0. The molecule has 0 saturated carbocycles. The van der Waals surface area contributed by atoms with Crippen molar-refractivity contribution in [1.29, 1.82) is 0 Å². The summed E-state index contributed by atoms with van der Waals surface area (Å²) in [6.45, 7) is 0. The molecule has 0 unspecified atom stereocenters. The van der Waals surface area contributed by atoms with Crippen molar-refractivity contribution in [2.75, 3.05) is 0 Å². The molecule has 0 radical (unpaired) electrons. The van der Waals surface area contributed by atoms with E-state index < -0.39 is 10.4 Å². The summed E-state index contributed by atoms with van der Waals surface area (Å²) in [5.41, 5.74) is 0. The van der Waals surface area contributed by atoms with Gasteiger partial charge in [0.1, 0.15) is 0 Å². The maximum absolute atomic E-state index is 8.52. The van der Waals surface area contributed by atoms with Crippen LogP contribution in [-0.4, -0.2) is 17.5 Å². The summed E-state index contributed by atoms with van der Waals surface area (Å²) in [5.74, 6) is 0. The molecule has 0 atom stereocenters. The minimum absolute atomic E-state index is 0. The van der Waals surface area contributed by atoms with E-state index in [1.54, 1.807) is 0 Å². The van der Waals surface area contributed by atoms with Crippen molar-refractivity contribution in [3.8, 4) is 0 Å². The molecule has 0 bridgehead atoms. The van der Waals surface area contributed by atoms with Crippen LogP contribution in [0.5, 0.6) is 0 Å². The molecule has 0 rings (SSSR count). The predicted molar refractivity (Wildman–Crippen MR) is 10.5 cm³/mol. The normalized spacial score (nSPS) is 8.29. The van der Waals surface area contributed by atoms with Gasteiger partial charge in [-0.05, 0) is 0 Å². The first-order chi connectivity index (χ1) is 2.00. The molecular formula is NaO4STh+3. The van der Waals surface area contributed by atoms with Crippen LogP contribution in [0.1, 0.15) is 0 Å². The molecule has 0 saturated heterocycles. The van der Waals surface area contributed by atoms with E-state index in [0.29, 0.717) is 0 Å². The van der Waals surface area contributed by atoms with Crippen LogP contribution >= 0.6 is 0 Å². The fraction of sp³-hybridized carbons (Fsp3) is 0. The summed E-state index contributed by atoms with van der Waals surface area (Å²) in [4.78, 5) is 0. The van der Waals surface area contributed by atoms with Gasteiger partial charge in [0.2, 0.25) is 0 Å². The first kappa shape index (κ1) is 16.1. The van der Waals surface area contributed by atoms with Crippen molar-refractivity contribution in [2.45, 2.75) is 0 Å². The molecule has 0 aliphatic rings. The molecule has 0 spiro atoms. The van der Waals surface area contributed by atoms with Gasteiger partial charge in [-0.25, -0.2) is 0 Å². The molecule has 0 heterocycles. The second-order valence-electron chi connectivity index (χ2n) is 0.408. The summed E-state index contributed by atoms with van der Waals surface area (Å²) in [6.07, 6.45) is 0. The van der Waals surface area contributed by atoms with Crippen LogP contribution < -0.4 is 29.6 Å². The minimum atomic E-state index is -5.17. The molecule has 0 aliphatic heterocycles. The van der Waals surface area contributed by atoms with Gasteiger partial charge in [0.15, 0.2) is 0 Å². The Hall–Kier alpha value is 2.19. The standard InChI is InChI=1S/Na.H2O4S.Th/c;1-5(2,3)4;/h;(H2,1,2,3,4);/q+1;;+4/p-2. The third kappa shape index (κ3) is 65.3. The van der Waals surface area contributed by atoms with E-state index in [1.165, 1.54) is 0 Å². The van der Waals surface area contributed by atoms with Crippen LogP contribution in [0.15, 0.2) is 0 Å². The third-order valence-electron chi connectivity index (χ3n) is 0. The fourth-order valence-corrected chi connectivity index (χ4v) is 0. The molecule has 0 aromatic carbocycles. The first-order valence-electron chi connectivity index (χ1n) is 0.667. The van der Waals surface area contributed by atoms with Gasteiger partial charge in [-0.3, -0.25) is 8.42 Å². The smallest absolute Gasteiger partial charge is 0.759 e. The van der Waals surface area contributed by atoms with Gasteiger partial charge in [-0.1, -0.05) is 0 Å². The van der Waals surface area contributed by atoms with Crippen LogP contribution in [0.2, 0.25) is 0 Å². The molecule has 32 valence electrons. The van der Waals surface area contributed by atoms with E-state index in [2.05, 4.69) is 0 Å². The maximum atomic E-state index is 8.52. The monoisotopic (exact) mass is 351 g/mol. The van der Waals surface area contributed by atoms with Gasteiger partial charge in [0.25, 0.3) is 0 Å². The Morgan fingerprint density at radius 3 is 1.14 bits per heavy atom. The number of hydrogen-bond donors (Lipinski definition) is 0. The first-order valence-corrected chi connectivity index (χ1v) is 2.00. The van der Waals surface area contributed by atoms with Crippen molar-refractivity contribution in [2.24, 2.45) is 0 Å². The zero-order valence-corrected chi connectivity index (χ0v) is 10.5. The molecule has 0 aliphatic carbocycles. The second-order valence-corrected chi connectivity index (χ2v) is 1.22. The van der Waals surface area contributed by atoms with E-state index in [0.717, 1.165) is 0 Å². The molecule has 0 N–H and O–H groups in total. The van der Waals surface area contributed by atoms with Gasteiger partial charge >= 0.3 is 69.5 Å². The Bertz CT molecular complexity index is 94.9. The quantitative estimate of drug-likeness (QED) is 0.251. The van der Waals surface area contributed by atoms with Crippen molar-refractivity contribution in [3.63, 3.8) is 0 Å². The number of rotatable bonds is 0. The molecule has 0 fully saturated rings. The Labute approximate surface area is 95.6 Å².